The van der Waals surface area contributed by atoms with Gasteiger partial charge in [-0.15, -0.1) is 0 Å². The molecule has 7 heteroatoms. The van der Waals surface area contributed by atoms with Crippen molar-refractivity contribution in [3.05, 3.63) is 46.0 Å². The van der Waals surface area contributed by atoms with Gasteiger partial charge in [0.15, 0.2) is 0 Å². The molecule has 1 aromatic rings. The Balaban J connectivity index is 1.98. The second-order valence-electron chi connectivity index (χ2n) is 4.20. The van der Waals surface area contributed by atoms with Gasteiger partial charge in [0.05, 0.1) is 11.0 Å². The van der Waals surface area contributed by atoms with Crippen LogP contribution in [0.3, 0.4) is 0 Å². The van der Waals surface area contributed by atoms with Gasteiger partial charge in [-0.05, 0) is 18.1 Å². The van der Waals surface area contributed by atoms with Crippen molar-refractivity contribution < 1.29 is 14.5 Å². The van der Waals surface area contributed by atoms with Crippen molar-refractivity contribution in [1.29, 1.82) is 0 Å². The van der Waals surface area contributed by atoms with Crippen molar-refractivity contribution >= 4 is 34.5 Å². The Morgan fingerprint density at radius 2 is 2.30 bits per heavy atom. The summed E-state index contributed by atoms with van der Waals surface area (Å²) in [6.07, 6.45) is 3.39. The van der Waals surface area contributed by atoms with E-state index in [9.17, 15) is 19.7 Å². The summed E-state index contributed by atoms with van der Waals surface area (Å²) in [6.45, 7) is 0. The third-order valence-electron chi connectivity index (χ3n) is 2.76. The van der Waals surface area contributed by atoms with Crippen LogP contribution in [0.25, 0.3) is 6.08 Å². The first kappa shape index (κ1) is 14.3. The summed E-state index contributed by atoms with van der Waals surface area (Å²) in [5, 5.41) is 13.2. The SMILES string of the molecule is O=C(/C=C/c1cccc([N+](=O)[O-])c1)NC1CCSC1=O. The van der Waals surface area contributed by atoms with Gasteiger partial charge in [0, 0.05) is 24.0 Å². The van der Waals surface area contributed by atoms with Crippen LogP contribution in [0.5, 0.6) is 0 Å². The monoisotopic (exact) mass is 292 g/mol. The average molecular weight is 292 g/mol. The number of hydrogen-bond acceptors (Lipinski definition) is 5. The molecule has 0 aliphatic carbocycles. The minimum Gasteiger partial charge on any atom is -0.342 e. The number of nitro benzene ring substituents is 1. The molecule has 0 saturated carbocycles. The van der Waals surface area contributed by atoms with Gasteiger partial charge < -0.3 is 5.32 Å². The lowest BCUT2D eigenvalue weighted by Gasteiger charge is -2.06. The van der Waals surface area contributed by atoms with Crippen LogP contribution in [0, 0.1) is 10.1 Å². The lowest BCUT2D eigenvalue weighted by Crippen LogP contribution is -2.35. The van der Waals surface area contributed by atoms with Crippen LogP contribution in [-0.4, -0.2) is 27.7 Å². The van der Waals surface area contributed by atoms with Crippen LogP contribution < -0.4 is 5.32 Å². The summed E-state index contributed by atoms with van der Waals surface area (Å²) < 4.78 is 0. The third-order valence-corrected chi connectivity index (χ3v) is 3.77. The molecule has 1 aromatic carbocycles. The first-order chi connectivity index (χ1) is 9.56. The van der Waals surface area contributed by atoms with Crippen LogP contribution in [0.2, 0.25) is 0 Å². The summed E-state index contributed by atoms with van der Waals surface area (Å²) in [5.41, 5.74) is 0.524. The molecule has 20 heavy (non-hydrogen) atoms. The number of nitro groups is 1. The van der Waals surface area contributed by atoms with Crippen molar-refractivity contribution in [2.24, 2.45) is 0 Å². The van der Waals surface area contributed by atoms with Crippen molar-refractivity contribution in [1.82, 2.24) is 5.32 Å². The molecule has 0 spiro atoms. The maximum atomic E-state index is 11.6. The summed E-state index contributed by atoms with van der Waals surface area (Å²) >= 11 is 1.21. The quantitative estimate of drug-likeness (QED) is 0.519. The molecule has 1 aliphatic heterocycles. The van der Waals surface area contributed by atoms with E-state index in [1.54, 1.807) is 12.1 Å². The molecule has 1 unspecified atom stereocenters. The average Bonchev–Trinajstić information content (AvgIpc) is 2.82. The van der Waals surface area contributed by atoms with Gasteiger partial charge in [0.25, 0.3) is 5.69 Å². The van der Waals surface area contributed by atoms with E-state index in [0.717, 1.165) is 5.75 Å². The van der Waals surface area contributed by atoms with E-state index in [0.29, 0.717) is 12.0 Å². The highest BCUT2D eigenvalue weighted by molar-refractivity contribution is 8.14. The normalized spacial score (nSPS) is 18.4. The highest BCUT2D eigenvalue weighted by Crippen LogP contribution is 2.19. The number of nitrogens with zero attached hydrogens (tertiary/aromatic N) is 1. The Morgan fingerprint density at radius 1 is 1.50 bits per heavy atom. The van der Waals surface area contributed by atoms with Gasteiger partial charge in [-0.25, -0.2) is 0 Å². The second-order valence-corrected chi connectivity index (χ2v) is 5.30. The van der Waals surface area contributed by atoms with E-state index in [-0.39, 0.29) is 16.7 Å². The van der Waals surface area contributed by atoms with Gasteiger partial charge >= 0.3 is 0 Å². The maximum Gasteiger partial charge on any atom is 0.270 e. The van der Waals surface area contributed by atoms with Crippen LogP contribution in [-0.2, 0) is 9.59 Å². The number of thioether (sulfide) groups is 1. The number of non-ortho nitro benzene ring substituents is 1. The van der Waals surface area contributed by atoms with Crippen LogP contribution in [0.15, 0.2) is 30.3 Å². The van der Waals surface area contributed by atoms with E-state index < -0.39 is 11.0 Å². The van der Waals surface area contributed by atoms with Gasteiger partial charge in [-0.3, -0.25) is 19.7 Å². The number of hydrogen-bond donors (Lipinski definition) is 1. The van der Waals surface area contributed by atoms with Gasteiger partial charge in [-0.1, -0.05) is 23.9 Å². The fourth-order valence-corrected chi connectivity index (χ4v) is 2.69. The minimum atomic E-state index is -0.494. The first-order valence-corrected chi connectivity index (χ1v) is 6.94. The highest BCUT2D eigenvalue weighted by Gasteiger charge is 2.25. The first-order valence-electron chi connectivity index (χ1n) is 5.96. The highest BCUT2D eigenvalue weighted by atomic mass is 32.2. The molecular formula is C13H12N2O4S. The smallest absolute Gasteiger partial charge is 0.270 e. The molecule has 6 nitrogen and oxygen atoms in total. The maximum absolute atomic E-state index is 11.6. The zero-order valence-electron chi connectivity index (χ0n) is 10.4. The van der Waals surface area contributed by atoms with Crippen molar-refractivity contribution in [2.75, 3.05) is 5.75 Å². The lowest BCUT2D eigenvalue weighted by atomic mass is 10.2. The van der Waals surface area contributed by atoms with Gasteiger partial charge in [0.1, 0.15) is 0 Å². The number of benzene rings is 1. The number of carbonyl (C=O) groups excluding carboxylic acids is 2. The summed E-state index contributed by atoms with van der Waals surface area (Å²) in [7, 11) is 0. The molecule has 1 aliphatic rings. The zero-order chi connectivity index (χ0) is 14.5. The molecule has 2 rings (SSSR count). The second kappa shape index (κ2) is 6.33. The molecule has 1 fully saturated rings. The molecule has 1 heterocycles. The fraction of sp³-hybridized carbons (Fsp3) is 0.231. The molecular weight excluding hydrogens is 280 g/mol. The van der Waals surface area contributed by atoms with E-state index >= 15 is 0 Å². The number of amides is 1. The van der Waals surface area contributed by atoms with Crippen molar-refractivity contribution in [3.8, 4) is 0 Å². The van der Waals surface area contributed by atoms with Gasteiger partial charge in [0.2, 0.25) is 11.0 Å². The third kappa shape index (κ3) is 3.67. The van der Waals surface area contributed by atoms with E-state index in [1.165, 1.54) is 36.0 Å². The Bertz CT molecular complexity index is 585. The predicted octanol–water partition coefficient (Wildman–Crippen LogP) is 1.76. The summed E-state index contributed by atoms with van der Waals surface area (Å²) in [6, 6.07) is 5.54. The number of rotatable bonds is 4. The van der Waals surface area contributed by atoms with E-state index in [4.69, 9.17) is 0 Å². The predicted molar refractivity (Wildman–Crippen MR) is 76.1 cm³/mol. The Kier molecular flexibility index (Phi) is 4.52. The largest absolute Gasteiger partial charge is 0.342 e. The van der Waals surface area contributed by atoms with Crippen LogP contribution >= 0.6 is 11.8 Å². The van der Waals surface area contributed by atoms with Crippen LogP contribution in [0.4, 0.5) is 5.69 Å². The van der Waals surface area contributed by atoms with E-state index in [1.807, 2.05) is 0 Å². The van der Waals surface area contributed by atoms with E-state index in [2.05, 4.69) is 5.32 Å². The Labute approximate surface area is 119 Å². The number of carbonyl (C=O) groups is 2. The Morgan fingerprint density at radius 3 is 2.95 bits per heavy atom. The standard InChI is InChI=1S/C13H12N2O4S/c16-12(14-11-6-7-20-13(11)17)5-4-9-2-1-3-10(8-9)15(18)19/h1-5,8,11H,6-7H2,(H,14,16)/b5-4+. The fourth-order valence-electron chi connectivity index (χ4n) is 1.76. The van der Waals surface area contributed by atoms with Crippen molar-refractivity contribution in [2.45, 2.75) is 12.5 Å². The molecule has 1 saturated heterocycles. The van der Waals surface area contributed by atoms with Gasteiger partial charge in [-0.2, -0.15) is 0 Å². The topological polar surface area (TPSA) is 89.3 Å². The number of nitrogens with one attached hydrogen (secondary N) is 1. The summed E-state index contributed by atoms with van der Waals surface area (Å²) in [4.78, 5) is 33.1. The molecule has 1 N–H and O–H groups in total. The molecule has 1 atom stereocenters. The van der Waals surface area contributed by atoms with Crippen molar-refractivity contribution in [3.63, 3.8) is 0 Å². The Hall–Kier alpha value is -2.15. The zero-order valence-corrected chi connectivity index (χ0v) is 11.3. The minimum absolute atomic E-state index is 0.0258. The molecule has 0 bridgehead atoms. The van der Waals surface area contributed by atoms with Crippen LogP contribution in [0.1, 0.15) is 12.0 Å². The molecule has 104 valence electrons. The molecule has 0 radical (unpaired) electrons. The summed E-state index contributed by atoms with van der Waals surface area (Å²) in [5.74, 6) is 0.343. The molecule has 1 amide bonds. The molecule has 0 aromatic heterocycles. The lowest BCUT2D eigenvalue weighted by molar-refractivity contribution is -0.384.